The number of rotatable bonds is 1. The molecule has 1 aromatic heterocycles. The van der Waals surface area contributed by atoms with Crippen molar-refractivity contribution in [3.63, 3.8) is 0 Å². The monoisotopic (exact) mass is 234 g/mol. The molecule has 0 N–H and O–H groups in total. The predicted octanol–water partition coefficient (Wildman–Crippen LogP) is 2.46. The molecule has 0 amide bonds. The van der Waals surface area contributed by atoms with Gasteiger partial charge >= 0.3 is 0 Å². The number of carbonyl (C=O) groups is 1. The Morgan fingerprint density at radius 2 is 1.75 bits per heavy atom. The molecule has 0 aliphatic carbocycles. The molecule has 0 radical (unpaired) electrons. The molecule has 0 aliphatic rings. The van der Waals surface area contributed by atoms with E-state index in [0.29, 0.717) is 5.69 Å². The Morgan fingerprint density at radius 3 is 2.38 bits per heavy atom. The zero-order chi connectivity index (χ0) is 11.8. The molecule has 2 aromatic rings. The van der Waals surface area contributed by atoms with Gasteiger partial charge in [0, 0.05) is 0 Å². The number of hydrogen-bond donors (Lipinski definition) is 0. The van der Waals surface area contributed by atoms with Crippen molar-refractivity contribution >= 4 is 26.2 Å². The molecule has 0 saturated heterocycles. The summed E-state index contributed by atoms with van der Waals surface area (Å²) in [5, 5.41) is 0.103. The number of fused-ring (bicyclic) bond motifs is 1. The summed E-state index contributed by atoms with van der Waals surface area (Å²) in [5.74, 6) is 0. The van der Waals surface area contributed by atoms with Crippen molar-refractivity contribution in [2.24, 2.45) is 0 Å². The molecule has 1 heterocycles. The Kier molecular flexibility index (Phi) is 2.68. The van der Waals surface area contributed by atoms with Crippen LogP contribution < -0.4 is 0 Å². The van der Waals surface area contributed by atoms with Crippen LogP contribution in [-0.2, 0) is 0 Å². The van der Waals surface area contributed by atoms with Gasteiger partial charge in [-0.05, 0) is 30.9 Å². The minimum absolute atomic E-state index is 0.103. The summed E-state index contributed by atoms with van der Waals surface area (Å²) in [5.41, 5.74) is 2.07. The summed E-state index contributed by atoms with van der Waals surface area (Å²) >= 11 is 0. The molecule has 0 aliphatic heterocycles. The van der Waals surface area contributed by atoms with E-state index in [4.69, 9.17) is 0 Å². The Morgan fingerprint density at radius 1 is 1.12 bits per heavy atom. The highest BCUT2D eigenvalue weighted by atomic mass is 32.3. The van der Waals surface area contributed by atoms with Gasteiger partial charge in [-0.15, -0.1) is 0 Å². The number of aromatic nitrogens is 2. The first kappa shape index (κ1) is 11.1. The maximum Gasteiger partial charge on any atom is 0.221 e. The molecule has 3 nitrogen and oxygen atoms in total. The summed E-state index contributed by atoms with van der Waals surface area (Å²) in [6.45, 7) is 0. The molecule has 2 rings (SSSR count). The van der Waals surface area contributed by atoms with Gasteiger partial charge in [0.25, 0.3) is 0 Å². The summed E-state index contributed by atoms with van der Waals surface area (Å²) < 4.78 is 0. The second kappa shape index (κ2) is 3.87. The van der Waals surface area contributed by atoms with Crippen LogP contribution in [0.1, 0.15) is 10.5 Å². The van der Waals surface area contributed by atoms with E-state index in [-0.39, 0.29) is 5.12 Å². The van der Waals surface area contributed by atoms with Gasteiger partial charge < -0.3 is 0 Å². The maximum absolute atomic E-state index is 12.0. The fourth-order valence-electron chi connectivity index (χ4n) is 1.37. The number of para-hydroxylation sites is 2. The molecule has 0 unspecified atom stereocenters. The molecule has 0 fully saturated rings. The predicted molar refractivity (Wildman–Crippen MR) is 69.2 cm³/mol. The van der Waals surface area contributed by atoms with Crippen molar-refractivity contribution in [3.8, 4) is 0 Å². The van der Waals surface area contributed by atoms with Gasteiger partial charge in [-0.1, -0.05) is 12.1 Å². The number of carbonyl (C=O) groups excluding carboxylic acids is 1. The molecule has 84 valence electrons. The van der Waals surface area contributed by atoms with Crippen LogP contribution in [0, 0.1) is 0 Å². The SMILES string of the molecule is CS(C)(C)C(=O)c1cnc2ccccc2n1. The van der Waals surface area contributed by atoms with Gasteiger partial charge in [0.05, 0.1) is 17.2 Å². The molecule has 0 spiro atoms. The first-order valence-electron chi connectivity index (χ1n) is 4.93. The van der Waals surface area contributed by atoms with Gasteiger partial charge in [0.1, 0.15) is 5.69 Å². The second-order valence-corrected chi connectivity index (χ2v) is 8.41. The highest BCUT2D eigenvalue weighted by molar-refractivity contribution is 8.44. The topological polar surface area (TPSA) is 42.9 Å². The first-order chi connectivity index (χ1) is 7.48. The molecular weight excluding hydrogens is 220 g/mol. The third-order valence-electron chi connectivity index (χ3n) is 2.21. The van der Waals surface area contributed by atoms with E-state index in [1.807, 2.05) is 43.0 Å². The van der Waals surface area contributed by atoms with Crippen molar-refractivity contribution in [2.45, 2.75) is 0 Å². The largest absolute Gasteiger partial charge is 0.281 e. The molecule has 0 bridgehead atoms. The third-order valence-corrected chi connectivity index (χ3v) is 3.54. The molecule has 1 aromatic carbocycles. The van der Waals surface area contributed by atoms with Crippen molar-refractivity contribution in [1.29, 1.82) is 0 Å². The summed E-state index contributed by atoms with van der Waals surface area (Å²) in [7, 11) is -1.27. The number of nitrogens with zero attached hydrogens (tertiary/aromatic N) is 2. The smallest absolute Gasteiger partial charge is 0.221 e. The van der Waals surface area contributed by atoms with Gasteiger partial charge in [0.2, 0.25) is 5.12 Å². The second-order valence-electron chi connectivity index (χ2n) is 4.37. The van der Waals surface area contributed by atoms with Gasteiger partial charge in [-0.25, -0.2) is 4.98 Å². The van der Waals surface area contributed by atoms with Crippen LogP contribution in [0.5, 0.6) is 0 Å². The number of hydrogen-bond acceptors (Lipinski definition) is 3. The normalized spacial score (nSPS) is 12.7. The van der Waals surface area contributed by atoms with Crippen LogP contribution in [-0.4, -0.2) is 33.9 Å². The van der Waals surface area contributed by atoms with E-state index in [0.717, 1.165) is 11.0 Å². The van der Waals surface area contributed by atoms with E-state index < -0.39 is 10.0 Å². The minimum Gasteiger partial charge on any atom is -0.281 e. The molecular formula is C12H14N2OS. The first-order valence-corrected chi connectivity index (χ1v) is 7.79. The summed E-state index contributed by atoms with van der Waals surface area (Å²) in [4.78, 5) is 20.6. The highest BCUT2D eigenvalue weighted by Gasteiger charge is 2.19. The van der Waals surface area contributed by atoms with Crippen molar-refractivity contribution in [2.75, 3.05) is 18.8 Å². The van der Waals surface area contributed by atoms with Crippen LogP contribution in [0.4, 0.5) is 0 Å². The zero-order valence-electron chi connectivity index (χ0n) is 9.60. The molecule has 4 heteroatoms. The van der Waals surface area contributed by atoms with Crippen molar-refractivity contribution in [3.05, 3.63) is 36.2 Å². The lowest BCUT2D eigenvalue weighted by Gasteiger charge is -2.21. The minimum atomic E-state index is -1.27. The average Bonchev–Trinajstić information content (AvgIpc) is 2.26. The Labute approximate surface area is 96.2 Å². The lowest BCUT2D eigenvalue weighted by molar-refractivity contribution is 0.108. The van der Waals surface area contributed by atoms with Gasteiger partial charge in [-0.3, -0.25) is 9.78 Å². The summed E-state index contributed by atoms with van der Waals surface area (Å²) in [6, 6.07) is 7.57. The lowest BCUT2D eigenvalue weighted by Crippen LogP contribution is -2.10. The summed E-state index contributed by atoms with van der Waals surface area (Å²) in [6.07, 6.45) is 7.47. The third kappa shape index (κ3) is 2.07. The fourth-order valence-corrected chi connectivity index (χ4v) is 2.10. The van der Waals surface area contributed by atoms with Crippen molar-refractivity contribution < 1.29 is 4.79 Å². The van der Waals surface area contributed by atoms with Gasteiger partial charge in [0.15, 0.2) is 0 Å². The van der Waals surface area contributed by atoms with E-state index >= 15 is 0 Å². The lowest BCUT2D eigenvalue weighted by atomic mass is 10.3. The highest BCUT2D eigenvalue weighted by Crippen LogP contribution is 2.38. The van der Waals surface area contributed by atoms with Crippen LogP contribution in [0.3, 0.4) is 0 Å². The van der Waals surface area contributed by atoms with Crippen LogP contribution in [0.2, 0.25) is 0 Å². The van der Waals surface area contributed by atoms with E-state index in [9.17, 15) is 4.79 Å². The van der Waals surface area contributed by atoms with Crippen LogP contribution in [0.15, 0.2) is 30.5 Å². The molecule has 0 saturated carbocycles. The standard InChI is InChI=1S/C12H14N2OS/c1-16(2,3)12(15)11-8-13-9-6-4-5-7-10(9)14-11/h4-8H,1-3H3. The zero-order valence-corrected chi connectivity index (χ0v) is 10.4. The van der Waals surface area contributed by atoms with Crippen molar-refractivity contribution in [1.82, 2.24) is 9.97 Å². The Bertz CT molecular complexity index is 546. The maximum atomic E-state index is 12.0. The quantitative estimate of drug-likeness (QED) is 0.761. The van der Waals surface area contributed by atoms with Crippen LogP contribution >= 0.6 is 10.0 Å². The average molecular weight is 234 g/mol. The molecule has 16 heavy (non-hydrogen) atoms. The molecule has 0 atom stereocenters. The van der Waals surface area contributed by atoms with E-state index in [2.05, 4.69) is 9.97 Å². The number of benzene rings is 1. The van der Waals surface area contributed by atoms with Gasteiger partial charge in [-0.2, -0.15) is 10.0 Å². The van der Waals surface area contributed by atoms with E-state index in [1.165, 1.54) is 0 Å². The van der Waals surface area contributed by atoms with E-state index in [1.54, 1.807) is 6.20 Å². The Balaban J connectivity index is 2.52. The van der Waals surface area contributed by atoms with Crippen LogP contribution in [0.25, 0.3) is 11.0 Å². The Hall–Kier alpha value is -1.42. The fraction of sp³-hybridized carbons (Fsp3) is 0.250.